The Bertz CT molecular complexity index is 860. The predicted octanol–water partition coefficient (Wildman–Crippen LogP) is 4.69. The molecule has 144 valence electrons. The van der Waals surface area contributed by atoms with Gasteiger partial charge in [0.2, 0.25) is 0 Å². The number of carbonyl (C=O) groups excluding carboxylic acids is 2. The lowest BCUT2D eigenvalue weighted by atomic mass is 9.90. The highest BCUT2D eigenvalue weighted by molar-refractivity contribution is 7.14. The number of halogens is 3. The fourth-order valence-corrected chi connectivity index (χ4v) is 4.14. The van der Waals surface area contributed by atoms with Gasteiger partial charge in [-0.15, -0.1) is 11.3 Å². The highest BCUT2D eigenvalue weighted by atomic mass is 32.1. The molecule has 0 saturated carbocycles. The first-order chi connectivity index (χ1) is 12.7. The van der Waals surface area contributed by atoms with E-state index < -0.39 is 30.2 Å². The van der Waals surface area contributed by atoms with Crippen LogP contribution in [0.15, 0.2) is 30.3 Å². The Morgan fingerprint density at radius 1 is 1.30 bits per heavy atom. The molecule has 2 aromatic rings. The Hall–Kier alpha value is -2.35. The molecular formula is C19H18F3NO3S. The molecule has 1 aromatic carbocycles. The number of alkyl halides is 3. The third-order valence-electron chi connectivity index (χ3n) is 4.37. The second-order valence-electron chi connectivity index (χ2n) is 6.57. The number of rotatable bonds is 4. The van der Waals surface area contributed by atoms with E-state index in [9.17, 15) is 22.8 Å². The van der Waals surface area contributed by atoms with E-state index in [1.54, 1.807) is 6.07 Å². The minimum atomic E-state index is -4.59. The Labute approximate surface area is 158 Å². The SMILES string of the molecule is CC1CCc2sc(C(=O)OCC(=O)Nc3ccccc3C(F)(F)F)cc2C1. The number of carbonyl (C=O) groups is 2. The fraction of sp³-hybridized carbons (Fsp3) is 0.368. The van der Waals surface area contributed by atoms with Gasteiger partial charge in [0.1, 0.15) is 4.88 Å². The van der Waals surface area contributed by atoms with E-state index in [0.717, 1.165) is 41.8 Å². The first-order valence-corrected chi connectivity index (χ1v) is 9.30. The number of hydrogen-bond donors (Lipinski definition) is 1. The molecule has 0 radical (unpaired) electrons. The molecule has 1 unspecified atom stereocenters. The third-order valence-corrected chi connectivity index (χ3v) is 5.59. The van der Waals surface area contributed by atoms with Crippen LogP contribution in [-0.4, -0.2) is 18.5 Å². The first-order valence-electron chi connectivity index (χ1n) is 8.49. The number of esters is 1. The van der Waals surface area contributed by atoms with Crippen LogP contribution in [0.1, 0.15) is 39.0 Å². The zero-order valence-electron chi connectivity index (χ0n) is 14.6. The average molecular weight is 397 g/mol. The molecule has 1 aliphatic carbocycles. The highest BCUT2D eigenvalue weighted by Gasteiger charge is 2.33. The minimum Gasteiger partial charge on any atom is -0.451 e. The topological polar surface area (TPSA) is 55.4 Å². The van der Waals surface area contributed by atoms with E-state index in [4.69, 9.17) is 4.74 Å². The second-order valence-corrected chi connectivity index (χ2v) is 7.71. The summed E-state index contributed by atoms with van der Waals surface area (Å²) in [5, 5.41) is 2.15. The van der Waals surface area contributed by atoms with Gasteiger partial charge in [-0.2, -0.15) is 13.2 Å². The number of aryl methyl sites for hydroxylation is 1. The van der Waals surface area contributed by atoms with Crippen LogP contribution in [0, 0.1) is 5.92 Å². The molecule has 0 spiro atoms. The van der Waals surface area contributed by atoms with Crippen LogP contribution in [0.2, 0.25) is 0 Å². The van der Waals surface area contributed by atoms with E-state index in [0.29, 0.717) is 10.8 Å². The molecule has 3 rings (SSSR count). The van der Waals surface area contributed by atoms with Gasteiger partial charge in [-0.05, 0) is 48.9 Å². The van der Waals surface area contributed by atoms with Crippen LogP contribution in [0.5, 0.6) is 0 Å². The molecule has 0 saturated heterocycles. The molecule has 1 amide bonds. The smallest absolute Gasteiger partial charge is 0.418 e. The van der Waals surface area contributed by atoms with E-state index in [1.165, 1.54) is 23.5 Å². The quantitative estimate of drug-likeness (QED) is 0.762. The number of hydrogen-bond acceptors (Lipinski definition) is 4. The van der Waals surface area contributed by atoms with Crippen LogP contribution in [0.25, 0.3) is 0 Å². The van der Waals surface area contributed by atoms with Gasteiger partial charge in [0, 0.05) is 4.88 Å². The summed E-state index contributed by atoms with van der Waals surface area (Å²) in [5.41, 5.74) is -0.189. The third kappa shape index (κ3) is 4.68. The summed E-state index contributed by atoms with van der Waals surface area (Å²) < 4.78 is 43.8. The Kier molecular flexibility index (Phi) is 5.55. The maximum Gasteiger partial charge on any atom is 0.418 e. The van der Waals surface area contributed by atoms with Crippen molar-refractivity contribution >= 4 is 28.9 Å². The number of anilines is 1. The van der Waals surface area contributed by atoms with Crippen molar-refractivity contribution < 1.29 is 27.5 Å². The summed E-state index contributed by atoms with van der Waals surface area (Å²) in [4.78, 5) is 25.6. The molecule has 1 atom stereocenters. The van der Waals surface area contributed by atoms with Crippen molar-refractivity contribution in [2.24, 2.45) is 5.92 Å². The summed E-state index contributed by atoms with van der Waals surface area (Å²) in [6.07, 6.45) is -1.69. The van der Waals surface area contributed by atoms with Gasteiger partial charge in [0.25, 0.3) is 5.91 Å². The van der Waals surface area contributed by atoms with Crippen LogP contribution in [-0.2, 0) is 28.5 Å². The molecule has 4 nitrogen and oxygen atoms in total. The molecule has 1 N–H and O–H groups in total. The van der Waals surface area contributed by atoms with Gasteiger partial charge in [0.15, 0.2) is 6.61 Å². The Morgan fingerprint density at radius 2 is 2.04 bits per heavy atom. The first kappa shape index (κ1) is 19.4. The summed E-state index contributed by atoms with van der Waals surface area (Å²) >= 11 is 1.35. The minimum absolute atomic E-state index is 0.369. The monoisotopic (exact) mass is 397 g/mol. The van der Waals surface area contributed by atoms with Gasteiger partial charge in [-0.3, -0.25) is 4.79 Å². The van der Waals surface area contributed by atoms with Gasteiger partial charge in [-0.25, -0.2) is 4.79 Å². The van der Waals surface area contributed by atoms with Crippen molar-refractivity contribution in [3.63, 3.8) is 0 Å². The normalized spacial score (nSPS) is 16.5. The largest absolute Gasteiger partial charge is 0.451 e. The van der Waals surface area contributed by atoms with E-state index >= 15 is 0 Å². The summed E-state index contributed by atoms with van der Waals surface area (Å²) in [5.74, 6) is -0.897. The van der Waals surface area contributed by atoms with Crippen molar-refractivity contribution in [2.75, 3.05) is 11.9 Å². The maximum atomic E-state index is 12.9. The van der Waals surface area contributed by atoms with Crippen LogP contribution in [0.3, 0.4) is 0 Å². The standard InChI is InChI=1S/C19H18F3NO3S/c1-11-6-7-15-12(8-11)9-16(27-15)18(25)26-10-17(24)23-14-5-3-2-4-13(14)19(20,21)22/h2-5,9,11H,6-8,10H2,1H3,(H,23,24). The Balaban J connectivity index is 1.59. The van der Waals surface area contributed by atoms with Gasteiger partial charge < -0.3 is 10.1 Å². The maximum absolute atomic E-state index is 12.9. The van der Waals surface area contributed by atoms with Gasteiger partial charge in [0.05, 0.1) is 11.3 Å². The lowest BCUT2D eigenvalue weighted by Crippen LogP contribution is -2.22. The molecule has 27 heavy (non-hydrogen) atoms. The van der Waals surface area contributed by atoms with Crippen molar-refractivity contribution in [3.8, 4) is 0 Å². The number of benzene rings is 1. The number of ether oxygens (including phenoxy) is 1. The number of thiophene rings is 1. The number of nitrogens with one attached hydrogen (secondary N) is 1. The molecule has 0 fully saturated rings. The summed E-state index contributed by atoms with van der Waals surface area (Å²) in [6, 6.07) is 6.43. The molecule has 1 heterocycles. The molecule has 1 aliphatic rings. The van der Waals surface area contributed by atoms with E-state index in [1.807, 2.05) is 0 Å². The molecule has 0 aliphatic heterocycles. The van der Waals surface area contributed by atoms with E-state index in [-0.39, 0.29) is 5.69 Å². The molecule has 8 heteroatoms. The molecular weight excluding hydrogens is 379 g/mol. The number of amides is 1. The highest BCUT2D eigenvalue weighted by Crippen LogP contribution is 2.35. The fourth-order valence-electron chi connectivity index (χ4n) is 3.03. The lowest BCUT2D eigenvalue weighted by molar-refractivity contribution is -0.137. The molecule has 1 aromatic heterocycles. The van der Waals surface area contributed by atoms with Gasteiger partial charge >= 0.3 is 12.1 Å². The van der Waals surface area contributed by atoms with Crippen molar-refractivity contribution in [1.29, 1.82) is 0 Å². The number of fused-ring (bicyclic) bond motifs is 1. The van der Waals surface area contributed by atoms with Crippen molar-refractivity contribution in [3.05, 3.63) is 51.2 Å². The van der Waals surface area contributed by atoms with E-state index in [2.05, 4.69) is 12.2 Å². The number of para-hydroxylation sites is 1. The van der Waals surface area contributed by atoms with Crippen LogP contribution in [0.4, 0.5) is 18.9 Å². The Morgan fingerprint density at radius 3 is 2.78 bits per heavy atom. The van der Waals surface area contributed by atoms with Crippen LogP contribution < -0.4 is 5.32 Å². The average Bonchev–Trinajstić information content (AvgIpc) is 3.02. The van der Waals surface area contributed by atoms with Gasteiger partial charge in [-0.1, -0.05) is 19.1 Å². The zero-order chi connectivity index (χ0) is 19.6. The van der Waals surface area contributed by atoms with Crippen molar-refractivity contribution in [1.82, 2.24) is 0 Å². The van der Waals surface area contributed by atoms with Crippen molar-refractivity contribution in [2.45, 2.75) is 32.4 Å². The summed E-state index contributed by atoms with van der Waals surface area (Å²) in [6.45, 7) is 1.51. The molecule has 0 bridgehead atoms. The zero-order valence-corrected chi connectivity index (χ0v) is 15.4. The predicted molar refractivity (Wildman–Crippen MR) is 95.9 cm³/mol. The summed E-state index contributed by atoms with van der Waals surface area (Å²) in [7, 11) is 0. The lowest BCUT2D eigenvalue weighted by Gasteiger charge is -2.16. The van der Waals surface area contributed by atoms with Crippen LogP contribution >= 0.6 is 11.3 Å². The second kappa shape index (κ2) is 7.72.